The Hall–Kier alpha value is -2.98. The van der Waals surface area contributed by atoms with Crippen LogP contribution in [0.15, 0.2) is 62.3 Å². The molecule has 0 fully saturated rings. The van der Waals surface area contributed by atoms with Crippen molar-refractivity contribution in [2.45, 2.75) is 30.6 Å². The maximum Gasteiger partial charge on any atom is 0.275 e. The Morgan fingerprint density at radius 2 is 1.93 bits per heavy atom. The van der Waals surface area contributed by atoms with Crippen molar-refractivity contribution in [2.75, 3.05) is 11.9 Å². The molecule has 0 radical (unpaired) electrons. The highest BCUT2D eigenvalue weighted by atomic mass is 32.2. The van der Waals surface area contributed by atoms with E-state index < -0.39 is 10.0 Å². The topological polar surface area (TPSA) is 114 Å². The van der Waals surface area contributed by atoms with Crippen LogP contribution in [0.1, 0.15) is 36.2 Å². The highest BCUT2D eigenvalue weighted by Gasteiger charge is 2.18. The van der Waals surface area contributed by atoms with Crippen LogP contribution in [0.2, 0.25) is 0 Å². The van der Waals surface area contributed by atoms with E-state index in [1.165, 1.54) is 23.5 Å². The lowest BCUT2D eigenvalue weighted by molar-refractivity contribution is 0.102. The van der Waals surface area contributed by atoms with Crippen molar-refractivity contribution in [3.05, 3.63) is 53.7 Å². The molecule has 3 aromatic rings. The fraction of sp³-hybridized carbons (Fsp3) is 0.250. The lowest BCUT2D eigenvalue weighted by atomic mass is 10.2. The number of anilines is 1. The van der Waals surface area contributed by atoms with Crippen molar-refractivity contribution in [1.29, 1.82) is 0 Å². The summed E-state index contributed by atoms with van der Waals surface area (Å²) in [5, 5.41) is 4.97. The molecule has 4 rings (SSSR count). The molecule has 0 spiro atoms. The van der Waals surface area contributed by atoms with Crippen LogP contribution in [-0.4, -0.2) is 31.7 Å². The molecular formula is C20H20N4O4S2. The zero-order chi connectivity index (χ0) is 21.0. The number of amides is 1. The van der Waals surface area contributed by atoms with E-state index in [-0.39, 0.29) is 16.5 Å². The first kappa shape index (κ1) is 20.3. The zero-order valence-electron chi connectivity index (χ0n) is 16.0. The normalized spacial score (nSPS) is 14.6. The number of furan rings is 1. The minimum absolute atomic E-state index is 0.112. The van der Waals surface area contributed by atoms with Crippen LogP contribution >= 0.6 is 11.3 Å². The molecule has 30 heavy (non-hydrogen) atoms. The monoisotopic (exact) mass is 444 g/mol. The van der Waals surface area contributed by atoms with Gasteiger partial charge in [0.15, 0.2) is 10.8 Å². The molecule has 0 bridgehead atoms. The Balaban J connectivity index is 1.42. The van der Waals surface area contributed by atoms with E-state index >= 15 is 0 Å². The van der Waals surface area contributed by atoms with Crippen molar-refractivity contribution < 1.29 is 17.6 Å². The Morgan fingerprint density at radius 1 is 1.10 bits per heavy atom. The second kappa shape index (κ2) is 8.80. The van der Waals surface area contributed by atoms with Crippen LogP contribution in [0.4, 0.5) is 5.69 Å². The van der Waals surface area contributed by atoms with Gasteiger partial charge in [-0.1, -0.05) is 6.42 Å². The van der Waals surface area contributed by atoms with Crippen LogP contribution in [-0.2, 0) is 10.0 Å². The molecule has 1 amide bonds. The highest BCUT2D eigenvalue weighted by Crippen LogP contribution is 2.24. The number of sulfonamides is 1. The van der Waals surface area contributed by atoms with Gasteiger partial charge in [0.05, 0.1) is 11.2 Å². The van der Waals surface area contributed by atoms with Crippen LogP contribution in [0.25, 0.3) is 10.8 Å². The number of thiazole rings is 1. The van der Waals surface area contributed by atoms with Crippen molar-refractivity contribution in [3.8, 4) is 10.8 Å². The zero-order valence-corrected chi connectivity index (χ0v) is 17.6. The van der Waals surface area contributed by atoms with Gasteiger partial charge in [-0.15, -0.1) is 11.3 Å². The lowest BCUT2D eigenvalue weighted by Gasteiger charge is -2.10. The number of benzene rings is 1. The number of amidine groups is 1. The first-order valence-electron chi connectivity index (χ1n) is 9.48. The van der Waals surface area contributed by atoms with Crippen molar-refractivity contribution in [1.82, 2.24) is 9.71 Å². The predicted octanol–water partition coefficient (Wildman–Crippen LogP) is 3.91. The molecule has 156 valence electrons. The summed E-state index contributed by atoms with van der Waals surface area (Å²) < 4.78 is 33.0. The molecule has 2 aromatic heterocycles. The van der Waals surface area contributed by atoms with Gasteiger partial charge in [0.1, 0.15) is 11.5 Å². The molecule has 1 aromatic carbocycles. The van der Waals surface area contributed by atoms with E-state index in [9.17, 15) is 13.2 Å². The maximum atomic E-state index is 12.6. The van der Waals surface area contributed by atoms with Crippen LogP contribution in [0.3, 0.4) is 0 Å². The summed E-state index contributed by atoms with van der Waals surface area (Å²) in [6, 6.07) is 9.51. The summed E-state index contributed by atoms with van der Waals surface area (Å²) in [5.74, 6) is 0.714. The van der Waals surface area contributed by atoms with E-state index in [2.05, 4.69) is 20.0 Å². The van der Waals surface area contributed by atoms with E-state index in [0.717, 1.165) is 19.3 Å². The summed E-state index contributed by atoms with van der Waals surface area (Å²) in [4.78, 5) is 21.1. The fourth-order valence-corrected chi connectivity index (χ4v) is 4.83. The molecule has 0 saturated carbocycles. The Morgan fingerprint density at radius 3 is 2.70 bits per heavy atom. The molecule has 0 atom stereocenters. The van der Waals surface area contributed by atoms with Crippen LogP contribution in [0, 0.1) is 0 Å². The van der Waals surface area contributed by atoms with E-state index in [0.29, 0.717) is 35.3 Å². The highest BCUT2D eigenvalue weighted by molar-refractivity contribution is 7.90. The van der Waals surface area contributed by atoms with Gasteiger partial charge < -0.3 is 9.73 Å². The fourth-order valence-electron chi connectivity index (χ4n) is 2.98. The third kappa shape index (κ3) is 4.77. The molecule has 2 N–H and O–H groups in total. The molecule has 10 heteroatoms. The second-order valence-corrected chi connectivity index (χ2v) is 9.28. The third-order valence-corrected chi connectivity index (χ3v) is 6.77. The maximum absolute atomic E-state index is 12.6. The first-order valence-corrected chi connectivity index (χ1v) is 11.8. The van der Waals surface area contributed by atoms with Gasteiger partial charge in [0, 0.05) is 24.0 Å². The van der Waals surface area contributed by atoms with Gasteiger partial charge in [-0.05, 0) is 49.2 Å². The number of carbonyl (C=O) groups excluding carboxylic acids is 1. The van der Waals surface area contributed by atoms with Crippen LogP contribution < -0.4 is 10.0 Å². The SMILES string of the molecule is O=C(Nc1ccc(S(=O)(=O)NC2=NCCCCC2)cc1)c1csc(-c2ccco2)n1. The van der Waals surface area contributed by atoms with E-state index in [4.69, 9.17) is 4.42 Å². The average molecular weight is 445 g/mol. The number of hydrogen-bond acceptors (Lipinski definition) is 7. The minimum Gasteiger partial charge on any atom is -0.462 e. The second-order valence-electron chi connectivity index (χ2n) is 6.74. The van der Waals surface area contributed by atoms with Gasteiger partial charge in [0.2, 0.25) is 0 Å². The third-order valence-electron chi connectivity index (χ3n) is 4.52. The number of nitrogens with one attached hydrogen (secondary N) is 2. The molecule has 1 aliphatic rings. The number of rotatable bonds is 5. The number of nitrogens with zero attached hydrogens (tertiary/aromatic N) is 2. The van der Waals surface area contributed by atoms with Gasteiger partial charge in [-0.25, -0.2) is 13.4 Å². The quantitative estimate of drug-likeness (QED) is 0.619. The Kier molecular flexibility index (Phi) is 5.96. The average Bonchev–Trinajstić information content (AvgIpc) is 3.37. The van der Waals surface area contributed by atoms with Crippen molar-refractivity contribution in [3.63, 3.8) is 0 Å². The molecule has 0 unspecified atom stereocenters. The van der Waals surface area contributed by atoms with E-state index in [1.807, 2.05) is 0 Å². The number of aliphatic imine (C=N–C) groups is 1. The summed E-state index contributed by atoms with van der Waals surface area (Å²) >= 11 is 1.31. The molecule has 1 aliphatic heterocycles. The standard InChI is InChI=1S/C20H20N4O4S2/c25-19(16-13-29-20(23-16)17-5-4-12-28-17)22-14-7-9-15(10-8-14)30(26,27)24-18-6-2-1-3-11-21-18/h4-5,7-10,12-13H,1-3,6,11H2,(H,21,24)(H,22,25). The smallest absolute Gasteiger partial charge is 0.275 e. The first-order chi connectivity index (χ1) is 14.5. The molecular weight excluding hydrogens is 424 g/mol. The Bertz CT molecular complexity index is 1150. The van der Waals surface area contributed by atoms with Gasteiger partial charge in [-0.2, -0.15) is 0 Å². The molecule has 0 aliphatic carbocycles. The molecule has 0 saturated heterocycles. The van der Waals surface area contributed by atoms with Gasteiger partial charge in [-0.3, -0.25) is 14.5 Å². The predicted molar refractivity (Wildman–Crippen MR) is 115 cm³/mol. The van der Waals surface area contributed by atoms with Crippen LogP contribution in [0.5, 0.6) is 0 Å². The number of aromatic nitrogens is 1. The lowest BCUT2D eigenvalue weighted by Crippen LogP contribution is -2.30. The summed E-state index contributed by atoms with van der Waals surface area (Å²) in [6.07, 6.45) is 5.11. The summed E-state index contributed by atoms with van der Waals surface area (Å²) in [6.45, 7) is 0.640. The minimum atomic E-state index is -3.71. The number of carbonyl (C=O) groups is 1. The molecule has 8 nitrogen and oxygen atoms in total. The van der Waals surface area contributed by atoms with Crippen molar-refractivity contribution >= 4 is 38.8 Å². The van der Waals surface area contributed by atoms with Gasteiger partial charge >= 0.3 is 0 Å². The number of hydrogen-bond donors (Lipinski definition) is 2. The van der Waals surface area contributed by atoms with Gasteiger partial charge in [0.25, 0.3) is 15.9 Å². The molecule has 3 heterocycles. The largest absolute Gasteiger partial charge is 0.462 e. The summed E-state index contributed by atoms with van der Waals surface area (Å²) in [7, 11) is -3.71. The van der Waals surface area contributed by atoms with E-state index in [1.54, 1.807) is 35.9 Å². The van der Waals surface area contributed by atoms with Crippen molar-refractivity contribution in [2.24, 2.45) is 4.99 Å². The Labute approximate surface area is 178 Å². The summed E-state index contributed by atoms with van der Waals surface area (Å²) in [5.41, 5.74) is 0.731.